The van der Waals surface area contributed by atoms with Gasteiger partial charge in [0.05, 0.1) is 18.4 Å². The van der Waals surface area contributed by atoms with E-state index < -0.39 is 0 Å². The maximum absolute atomic E-state index is 13.3. The standard InChI is InChI=1S/C24H24N6O2.C6H6/c31-22(26-14-19-12-18-13-25-9-8-20(18)28-19)16-30-21(17-6-2-1-3-7-17)15-27-23(24(30)32)29-10-4-5-11-29;1-2-4-6-5-3-1/h1-3,6-9,12-13,15,28H,4-5,10-11,14,16H2,(H,26,31);1-6H. The van der Waals surface area contributed by atoms with Gasteiger partial charge in [-0.2, -0.15) is 0 Å². The minimum Gasteiger partial charge on any atom is -0.357 e. The molecule has 192 valence electrons. The summed E-state index contributed by atoms with van der Waals surface area (Å²) in [5.74, 6) is 0.178. The van der Waals surface area contributed by atoms with Crippen LogP contribution in [-0.2, 0) is 17.9 Å². The van der Waals surface area contributed by atoms with E-state index in [1.165, 1.54) is 4.57 Å². The Kier molecular flexibility index (Phi) is 7.89. The summed E-state index contributed by atoms with van der Waals surface area (Å²) in [5, 5.41) is 3.91. The normalized spacial score (nSPS) is 12.7. The van der Waals surface area contributed by atoms with Crippen molar-refractivity contribution >= 4 is 22.6 Å². The van der Waals surface area contributed by atoms with Crippen LogP contribution in [0.15, 0.2) is 102 Å². The Labute approximate surface area is 221 Å². The van der Waals surface area contributed by atoms with Gasteiger partial charge in [0.2, 0.25) is 5.91 Å². The largest absolute Gasteiger partial charge is 0.357 e. The van der Waals surface area contributed by atoms with Gasteiger partial charge >= 0.3 is 0 Å². The molecule has 0 spiro atoms. The number of pyridine rings is 1. The minimum absolute atomic E-state index is 0.0752. The highest BCUT2D eigenvalue weighted by Gasteiger charge is 2.21. The third-order valence-corrected chi connectivity index (χ3v) is 6.43. The van der Waals surface area contributed by atoms with Crippen molar-refractivity contribution in [3.05, 3.63) is 114 Å². The van der Waals surface area contributed by atoms with Gasteiger partial charge in [-0.1, -0.05) is 66.7 Å². The number of aromatic nitrogens is 4. The molecule has 38 heavy (non-hydrogen) atoms. The minimum atomic E-state index is -0.236. The lowest BCUT2D eigenvalue weighted by molar-refractivity contribution is -0.121. The topological polar surface area (TPSA) is 95.9 Å². The Hall–Kier alpha value is -4.72. The molecule has 8 nitrogen and oxygen atoms in total. The van der Waals surface area contributed by atoms with Crippen molar-refractivity contribution in [2.24, 2.45) is 0 Å². The SMILES string of the molecule is O=C(Cn1c(-c2ccccc2)cnc(N2CCCC2)c1=O)NCc1cc2cnccc2[nH]1.c1ccccc1. The fourth-order valence-corrected chi connectivity index (χ4v) is 4.53. The van der Waals surface area contributed by atoms with E-state index in [9.17, 15) is 9.59 Å². The molecule has 1 fully saturated rings. The number of fused-ring (bicyclic) bond motifs is 1. The Bertz CT molecular complexity index is 1480. The summed E-state index contributed by atoms with van der Waals surface area (Å²) in [6.07, 6.45) is 7.28. The molecule has 1 aliphatic rings. The summed E-state index contributed by atoms with van der Waals surface area (Å²) in [6.45, 7) is 1.89. The fraction of sp³-hybridized carbons (Fsp3) is 0.200. The second-order valence-electron chi connectivity index (χ2n) is 9.11. The average molecular weight is 507 g/mol. The van der Waals surface area contributed by atoms with Gasteiger partial charge in [-0.25, -0.2) is 4.98 Å². The van der Waals surface area contributed by atoms with Gasteiger partial charge in [0.15, 0.2) is 5.82 Å². The van der Waals surface area contributed by atoms with Crippen molar-refractivity contribution in [1.82, 2.24) is 24.8 Å². The highest BCUT2D eigenvalue weighted by Crippen LogP contribution is 2.20. The van der Waals surface area contributed by atoms with Gasteiger partial charge in [0, 0.05) is 42.1 Å². The Morgan fingerprint density at radius 1 is 0.921 bits per heavy atom. The Morgan fingerprint density at radius 3 is 2.29 bits per heavy atom. The number of hydrogen-bond donors (Lipinski definition) is 2. The second-order valence-corrected chi connectivity index (χ2v) is 9.11. The zero-order valence-electron chi connectivity index (χ0n) is 21.1. The summed E-state index contributed by atoms with van der Waals surface area (Å²) >= 11 is 0. The van der Waals surface area contributed by atoms with Crippen molar-refractivity contribution < 1.29 is 4.79 Å². The number of carbonyl (C=O) groups excluding carboxylic acids is 1. The van der Waals surface area contributed by atoms with E-state index in [4.69, 9.17) is 0 Å². The number of carbonyl (C=O) groups is 1. The predicted octanol–water partition coefficient (Wildman–Crippen LogP) is 4.39. The van der Waals surface area contributed by atoms with Crippen molar-refractivity contribution in [2.45, 2.75) is 25.9 Å². The quantitative estimate of drug-likeness (QED) is 0.356. The fourth-order valence-electron chi connectivity index (χ4n) is 4.53. The van der Waals surface area contributed by atoms with E-state index in [0.717, 1.165) is 48.1 Å². The summed E-state index contributed by atoms with van der Waals surface area (Å²) in [4.78, 5) is 40.0. The van der Waals surface area contributed by atoms with Gasteiger partial charge in [0.25, 0.3) is 5.56 Å². The number of hydrogen-bond acceptors (Lipinski definition) is 5. The van der Waals surface area contributed by atoms with Gasteiger partial charge in [-0.05, 0) is 30.5 Å². The maximum Gasteiger partial charge on any atom is 0.294 e. The van der Waals surface area contributed by atoms with Crippen molar-refractivity contribution in [1.29, 1.82) is 0 Å². The predicted molar refractivity (Wildman–Crippen MR) is 150 cm³/mol. The van der Waals surface area contributed by atoms with Crippen LogP contribution in [0.25, 0.3) is 22.2 Å². The van der Waals surface area contributed by atoms with E-state index in [2.05, 4.69) is 20.3 Å². The molecule has 4 heterocycles. The van der Waals surface area contributed by atoms with Crippen LogP contribution < -0.4 is 15.8 Å². The molecule has 0 radical (unpaired) electrons. The molecule has 3 aromatic heterocycles. The average Bonchev–Trinajstić information content (AvgIpc) is 3.65. The molecule has 8 heteroatoms. The lowest BCUT2D eigenvalue weighted by atomic mass is 10.1. The van der Waals surface area contributed by atoms with E-state index in [-0.39, 0.29) is 18.0 Å². The second kappa shape index (κ2) is 12.0. The zero-order chi connectivity index (χ0) is 26.2. The Morgan fingerprint density at radius 2 is 1.61 bits per heavy atom. The first-order valence-electron chi connectivity index (χ1n) is 12.8. The number of amides is 1. The highest BCUT2D eigenvalue weighted by molar-refractivity contribution is 5.80. The maximum atomic E-state index is 13.3. The number of nitrogens with zero attached hydrogens (tertiary/aromatic N) is 4. The molecule has 0 aliphatic carbocycles. The molecular formula is C30H30N6O2. The molecule has 2 aromatic carbocycles. The third kappa shape index (κ3) is 5.98. The summed E-state index contributed by atoms with van der Waals surface area (Å²) in [6, 6.07) is 25.4. The van der Waals surface area contributed by atoms with Gasteiger partial charge in [-0.15, -0.1) is 0 Å². The zero-order valence-corrected chi connectivity index (χ0v) is 21.1. The molecule has 1 aliphatic heterocycles. The number of anilines is 1. The van der Waals surface area contributed by atoms with Crippen LogP contribution in [0.4, 0.5) is 5.82 Å². The van der Waals surface area contributed by atoms with Crippen LogP contribution in [0, 0.1) is 0 Å². The first-order chi connectivity index (χ1) is 18.7. The number of aromatic amines is 1. The number of benzene rings is 2. The molecule has 0 atom stereocenters. The molecule has 0 unspecified atom stereocenters. The molecule has 1 saturated heterocycles. The molecule has 5 aromatic rings. The number of H-pyrrole nitrogens is 1. The van der Waals surface area contributed by atoms with Gasteiger partial charge in [-0.3, -0.25) is 19.1 Å². The number of nitrogens with one attached hydrogen (secondary N) is 2. The number of rotatable bonds is 6. The van der Waals surface area contributed by atoms with Gasteiger partial charge in [0.1, 0.15) is 6.54 Å². The molecule has 6 rings (SSSR count). The highest BCUT2D eigenvalue weighted by atomic mass is 16.2. The smallest absolute Gasteiger partial charge is 0.294 e. The van der Waals surface area contributed by atoms with E-state index >= 15 is 0 Å². The molecular weight excluding hydrogens is 476 g/mol. The lowest BCUT2D eigenvalue weighted by Gasteiger charge is -2.19. The Balaban J connectivity index is 0.000000433. The first kappa shape index (κ1) is 25.0. The molecule has 1 amide bonds. The van der Waals surface area contributed by atoms with Crippen molar-refractivity contribution in [3.8, 4) is 11.3 Å². The van der Waals surface area contributed by atoms with Crippen LogP contribution >= 0.6 is 0 Å². The van der Waals surface area contributed by atoms with Crippen molar-refractivity contribution in [3.63, 3.8) is 0 Å². The lowest BCUT2D eigenvalue weighted by Crippen LogP contribution is -2.36. The summed E-state index contributed by atoms with van der Waals surface area (Å²) in [7, 11) is 0. The molecule has 0 bridgehead atoms. The van der Waals surface area contributed by atoms with Crippen molar-refractivity contribution in [2.75, 3.05) is 18.0 Å². The van der Waals surface area contributed by atoms with Gasteiger partial charge < -0.3 is 15.2 Å². The monoisotopic (exact) mass is 506 g/mol. The van der Waals surface area contributed by atoms with E-state index in [0.29, 0.717) is 18.1 Å². The molecule has 0 saturated carbocycles. The summed E-state index contributed by atoms with van der Waals surface area (Å²) in [5.41, 5.74) is 3.09. The van der Waals surface area contributed by atoms with Crippen LogP contribution in [0.3, 0.4) is 0 Å². The first-order valence-corrected chi connectivity index (χ1v) is 12.8. The van der Waals surface area contributed by atoms with E-state index in [1.54, 1.807) is 18.6 Å². The van der Waals surface area contributed by atoms with Crippen LogP contribution in [0.2, 0.25) is 0 Å². The van der Waals surface area contributed by atoms with Crippen LogP contribution in [0.1, 0.15) is 18.5 Å². The van der Waals surface area contributed by atoms with Crippen LogP contribution in [-0.4, -0.2) is 38.5 Å². The summed E-state index contributed by atoms with van der Waals surface area (Å²) < 4.78 is 1.53. The van der Waals surface area contributed by atoms with E-state index in [1.807, 2.05) is 83.8 Å². The van der Waals surface area contributed by atoms with Crippen LogP contribution in [0.5, 0.6) is 0 Å². The molecule has 2 N–H and O–H groups in total. The third-order valence-electron chi connectivity index (χ3n) is 6.43.